The van der Waals surface area contributed by atoms with Crippen LogP contribution in [0.1, 0.15) is 0 Å². The monoisotopic (exact) mass is 160 g/mol. The van der Waals surface area contributed by atoms with Crippen LogP contribution in [0.5, 0.6) is 0 Å². The van der Waals surface area contributed by atoms with Gasteiger partial charge in [0.1, 0.15) is 12.4 Å². The third-order valence-corrected chi connectivity index (χ3v) is 1.78. The molecular weight excluding hydrogens is 150 g/mol. The molecule has 3 heteroatoms. The number of hydrogen-bond donors (Lipinski definition) is 1. The second-order valence-electron chi connectivity index (χ2n) is 2.63. The van der Waals surface area contributed by atoms with Crippen LogP contribution in [0.4, 0.5) is 0 Å². The first-order valence-corrected chi connectivity index (χ1v) is 3.82. The number of aryl methyl sites for hydroxylation is 1. The number of hydrogen-bond acceptors (Lipinski definition) is 1. The van der Waals surface area contributed by atoms with Gasteiger partial charge in [0.15, 0.2) is 5.69 Å². The number of pyridine rings is 1. The zero-order chi connectivity index (χ0) is 8.39. The lowest BCUT2D eigenvalue weighted by Crippen LogP contribution is -2.27. The Labute approximate surface area is 70.7 Å². The van der Waals surface area contributed by atoms with Crippen molar-refractivity contribution in [1.82, 2.24) is 9.97 Å². The molecule has 0 atom stereocenters. The molecule has 0 radical (unpaired) electrons. The van der Waals surface area contributed by atoms with Crippen molar-refractivity contribution < 1.29 is 4.57 Å². The first kappa shape index (κ1) is 7.03. The molecule has 12 heavy (non-hydrogen) atoms. The van der Waals surface area contributed by atoms with E-state index in [9.17, 15) is 0 Å². The van der Waals surface area contributed by atoms with Crippen LogP contribution in [-0.2, 0) is 7.05 Å². The fraction of sp³-hybridized carbons (Fsp3) is 0.111. The Hall–Kier alpha value is -1.64. The van der Waals surface area contributed by atoms with Gasteiger partial charge in [-0.3, -0.25) is 0 Å². The predicted molar refractivity (Wildman–Crippen MR) is 45.2 cm³/mol. The number of nitrogens with one attached hydrogen (secondary N) is 1. The van der Waals surface area contributed by atoms with Crippen molar-refractivity contribution in [2.75, 3.05) is 0 Å². The maximum absolute atomic E-state index is 4.23. The van der Waals surface area contributed by atoms with Crippen molar-refractivity contribution in [2.24, 2.45) is 7.05 Å². The predicted octanol–water partition coefficient (Wildman–Crippen LogP) is 0.901. The van der Waals surface area contributed by atoms with E-state index in [2.05, 4.69) is 9.97 Å². The van der Waals surface area contributed by atoms with Gasteiger partial charge in [-0.05, 0) is 12.1 Å². The van der Waals surface area contributed by atoms with Gasteiger partial charge in [0.05, 0.1) is 7.05 Å². The molecule has 0 aliphatic rings. The average molecular weight is 160 g/mol. The topological polar surface area (TPSA) is 32.6 Å². The lowest BCUT2D eigenvalue weighted by molar-refractivity contribution is -0.659. The van der Waals surface area contributed by atoms with Crippen LogP contribution in [0.2, 0.25) is 0 Å². The summed E-state index contributed by atoms with van der Waals surface area (Å²) in [6.45, 7) is 0. The third-order valence-electron chi connectivity index (χ3n) is 1.78. The summed E-state index contributed by atoms with van der Waals surface area (Å²) < 4.78 is 2.00. The van der Waals surface area contributed by atoms with E-state index in [0.717, 1.165) is 11.5 Å². The van der Waals surface area contributed by atoms with Crippen molar-refractivity contribution in [2.45, 2.75) is 0 Å². The summed E-state index contributed by atoms with van der Waals surface area (Å²) in [6.07, 6.45) is 5.64. The molecule has 0 fully saturated rings. The molecule has 60 valence electrons. The highest BCUT2D eigenvalue weighted by molar-refractivity contribution is 5.44. The molecule has 2 aromatic heterocycles. The van der Waals surface area contributed by atoms with Crippen LogP contribution < -0.4 is 4.57 Å². The number of H-pyrrole nitrogens is 1. The molecule has 0 aliphatic heterocycles. The van der Waals surface area contributed by atoms with Gasteiger partial charge in [-0.2, -0.15) is 0 Å². The summed E-state index contributed by atoms with van der Waals surface area (Å²) in [7, 11) is 1.99. The van der Waals surface area contributed by atoms with Crippen LogP contribution >= 0.6 is 0 Å². The van der Waals surface area contributed by atoms with E-state index in [1.807, 2.05) is 42.2 Å². The number of aromatic nitrogens is 3. The normalized spacial score (nSPS) is 10.1. The van der Waals surface area contributed by atoms with Crippen molar-refractivity contribution in [3.8, 4) is 11.5 Å². The molecule has 0 unspecified atom stereocenters. The third kappa shape index (κ3) is 1.09. The maximum Gasteiger partial charge on any atom is 0.305 e. The van der Waals surface area contributed by atoms with E-state index in [0.29, 0.717) is 0 Å². The second-order valence-corrected chi connectivity index (χ2v) is 2.63. The first-order chi connectivity index (χ1) is 5.88. The maximum atomic E-state index is 4.23. The van der Waals surface area contributed by atoms with Crippen LogP contribution in [0, 0.1) is 0 Å². The first-order valence-electron chi connectivity index (χ1n) is 3.82. The van der Waals surface area contributed by atoms with Crippen molar-refractivity contribution in [3.05, 3.63) is 36.8 Å². The van der Waals surface area contributed by atoms with Gasteiger partial charge in [-0.25, -0.2) is 14.5 Å². The number of imidazole rings is 1. The molecule has 0 aromatic carbocycles. The van der Waals surface area contributed by atoms with Gasteiger partial charge < -0.3 is 0 Å². The second kappa shape index (κ2) is 2.77. The Morgan fingerprint density at radius 3 is 2.92 bits per heavy atom. The smallest absolute Gasteiger partial charge is 0.248 e. The largest absolute Gasteiger partial charge is 0.305 e. The Morgan fingerprint density at radius 2 is 2.33 bits per heavy atom. The highest BCUT2D eigenvalue weighted by atomic mass is 15.0. The van der Waals surface area contributed by atoms with Crippen LogP contribution in [0.3, 0.4) is 0 Å². The molecular formula is C9H10N3+. The van der Waals surface area contributed by atoms with Crippen molar-refractivity contribution in [3.63, 3.8) is 0 Å². The van der Waals surface area contributed by atoms with E-state index in [1.54, 1.807) is 6.20 Å². The Bertz CT molecular complexity index is 364. The zero-order valence-electron chi connectivity index (χ0n) is 6.86. The SMILES string of the molecule is C[n+]1cc[nH]c1-c1ccccn1. The molecule has 1 N–H and O–H groups in total. The average Bonchev–Trinajstić information content (AvgIpc) is 2.53. The van der Waals surface area contributed by atoms with Gasteiger partial charge in [0.25, 0.3) is 0 Å². The minimum absolute atomic E-state index is 0.963. The number of aromatic amines is 1. The van der Waals surface area contributed by atoms with E-state index in [1.165, 1.54) is 0 Å². The van der Waals surface area contributed by atoms with E-state index in [-0.39, 0.29) is 0 Å². The van der Waals surface area contributed by atoms with E-state index in [4.69, 9.17) is 0 Å². The summed E-state index contributed by atoms with van der Waals surface area (Å²) in [6, 6.07) is 5.86. The van der Waals surface area contributed by atoms with Crippen molar-refractivity contribution >= 4 is 0 Å². The Balaban J connectivity index is 2.51. The van der Waals surface area contributed by atoms with Crippen molar-refractivity contribution in [1.29, 1.82) is 0 Å². The molecule has 2 heterocycles. The quantitative estimate of drug-likeness (QED) is 0.618. The van der Waals surface area contributed by atoms with E-state index >= 15 is 0 Å². The van der Waals surface area contributed by atoms with Crippen LogP contribution in [-0.4, -0.2) is 9.97 Å². The lowest BCUT2D eigenvalue weighted by Gasteiger charge is -1.91. The number of rotatable bonds is 1. The summed E-state index contributed by atoms with van der Waals surface area (Å²) in [5.41, 5.74) is 0.963. The van der Waals surface area contributed by atoms with Gasteiger partial charge in [-0.1, -0.05) is 6.07 Å². The fourth-order valence-corrected chi connectivity index (χ4v) is 1.16. The summed E-state index contributed by atoms with van der Waals surface area (Å²) >= 11 is 0. The molecule has 0 saturated heterocycles. The molecule has 3 nitrogen and oxygen atoms in total. The van der Waals surface area contributed by atoms with E-state index < -0.39 is 0 Å². The summed E-state index contributed by atoms with van der Waals surface area (Å²) in [5, 5.41) is 0. The minimum atomic E-state index is 0.963. The molecule has 2 aromatic rings. The van der Waals surface area contributed by atoms with Gasteiger partial charge in [-0.15, -0.1) is 0 Å². The van der Waals surface area contributed by atoms with Crippen LogP contribution in [0.25, 0.3) is 11.5 Å². The highest BCUT2D eigenvalue weighted by Gasteiger charge is 2.09. The molecule has 0 spiro atoms. The molecule has 0 bridgehead atoms. The van der Waals surface area contributed by atoms with Gasteiger partial charge >= 0.3 is 5.82 Å². The lowest BCUT2D eigenvalue weighted by atomic mass is 10.3. The Morgan fingerprint density at radius 1 is 1.42 bits per heavy atom. The highest BCUT2D eigenvalue weighted by Crippen LogP contribution is 2.06. The van der Waals surface area contributed by atoms with Crippen LogP contribution in [0.15, 0.2) is 36.8 Å². The summed E-state index contributed by atoms with van der Waals surface area (Å²) in [4.78, 5) is 7.35. The molecule has 2 rings (SSSR count). The Kier molecular flexibility index (Phi) is 1.63. The molecule has 0 aliphatic carbocycles. The zero-order valence-corrected chi connectivity index (χ0v) is 6.86. The standard InChI is InChI=1S/C9H9N3/c1-12-7-6-11-9(12)8-4-2-3-5-10-8/h2-7H,1H3/p+1. The van der Waals surface area contributed by atoms with Gasteiger partial charge in [0.2, 0.25) is 0 Å². The minimum Gasteiger partial charge on any atom is -0.248 e. The number of nitrogens with zero attached hydrogens (tertiary/aromatic N) is 2. The molecule has 0 amide bonds. The molecule has 0 saturated carbocycles. The fourth-order valence-electron chi connectivity index (χ4n) is 1.16. The van der Waals surface area contributed by atoms with Gasteiger partial charge in [0, 0.05) is 6.20 Å². The summed E-state index contributed by atoms with van der Waals surface area (Å²) in [5.74, 6) is 1.02.